The molecule has 2 aromatic rings. The molecule has 162 valence electrons. The number of amides is 1. The molecule has 1 aromatic carbocycles. The molecule has 0 bridgehead atoms. The van der Waals surface area contributed by atoms with Crippen molar-refractivity contribution in [3.8, 4) is 0 Å². The summed E-state index contributed by atoms with van der Waals surface area (Å²) in [5.41, 5.74) is 0.621. The average molecular weight is 438 g/mol. The van der Waals surface area contributed by atoms with Crippen molar-refractivity contribution in [2.45, 2.75) is 60.5 Å². The smallest absolute Gasteiger partial charge is 0.233 e. The van der Waals surface area contributed by atoms with Gasteiger partial charge in [-0.3, -0.25) is 9.48 Å². The highest BCUT2D eigenvalue weighted by atomic mass is 32.2. The number of nitrogens with zero attached hydrogens (tertiary/aromatic N) is 2. The highest BCUT2D eigenvalue weighted by molar-refractivity contribution is 7.92. The second-order valence-electron chi connectivity index (χ2n) is 8.34. The summed E-state index contributed by atoms with van der Waals surface area (Å²) in [6.45, 7) is 0. The van der Waals surface area contributed by atoms with Crippen molar-refractivity contribution >= 4 is 21.6 Å². The Labute approximate surface area is 174 Å². The Hall–Kier alpha value is -2.29. The van der Waals surface area contributed by atoms with Gasteiger partial charge in [-0.1, -0.05) is 12.1 Å². The van der Waals surface area contributed by atoms with Gasteiger partial charge >= 0.3 is 0 Å². The number of anilines is 1. The van der Waals surface area contributed by atoms with Crippen LogP contribution in [0.5, 0.6) is 0 Å². The summed E-state index contributed by atoms with van der Waals surface area (Å²) in [5, 5.41) is 6.58. The third-order valence-electron chi connectivity index (χ3n) is 5.93. The Morgan fingerprint density at radius 1 is 1.17 bits per heavy atom. The summed E-state index contributed by atoms with van der Waals surface area (Å²) >= 11 is 0. The van der Waals surface area contributed by atoms with Crippen LogP contribution in [0.1, 0.15) is 43.6 Å². The van der Waals surface area contributed by atoms with Gasteiger partial charge in [0.15, 0.2) is 15.7 Å². The third-order valence-corrected chi connectivity index (χ3v) is 8.21. The second-order valence-corrected chi connectivity index (χ2v) is 10.6. The molecule has 30 heavy (non-hydrogen) atoms. The van der Waals surface area contributed by atoms with Gasteiger partial charge in [0.2, 0.25) is 5.91 Å². The molecule has 1 heterocycles. The quantitative estimate of drug-likeness (QED) is 0.718. The number of nitrogens with one attached hydrogen (secondary N) is 1. The van der Waals surface area contributed by atoms with Crippen LogP contribution in [0, 0.1) is 5.92 Å². The minimum absolute atomic E-state index is 0.0860. The Balaban J connectivity index is 1.56. The van der Waals surface area contributed by atoms with Crippen LogP contribution in [0.4, 0.5) is 14.6 Å². The molecule has 2 saturated carbocycles. The van der Waals surface area contributed by atoms with Crippen LogP contribution in [0.15, 0.2) is 41.4 Å². The molecule has 1 amide bonds. The highest BCUT2D eigenvalue weighted by Crippen LogP contribution is 2.39. The maximum Gasteiger partial charge on any atom is 0.233 e. The molecule has 4 atom stereocenters. The van der Waals surface area contributed by atoms with Gasteiger partial charge in [-0.15, -0.1) is 0 Å². The summed E-state index contributed by atoms with van der Waals surface area (Å²) in [5.74, 6) is -0.862. The van der Waals surface area contributed by atoms with E-state index in [0.29, 0.717) is 24.2 Å². The van der Waals surface area contributed by atoms with Crippen molar-refractivity contribution in [2.75, 3.05) is 5.32 Å². The van der Waals surface area contributed by atoms with E-state index in [0.717, 1.165) is 0 Å². The summed E-state index contributed by atoms with van der Waals surface area (Å²) in [4.78, 5) is 13.2. The lowest BCUT2D eigenvalue weighted by Crippen LogP contribution is -2.23. The predicted octanol–water partition coefficient (Wildman–Crippen LogP) is 3.55. The minimum atomic E-state index is -3.32. The normalized spacial score (nSPS) is 25.2. The molecule has 2 fully saturated rings. The minimum Gasteiger partial charge on any atom is -0.309 e. The van der Waals surface area contributed by atoms with Crippen molar-refractivity contribution in [1.29, 1.82) is 0 Å². The SMILES string of the molecule is Cn1ccc(NC(=O)C(CC2C[C@@H](F)[C@@H](F)C2)c2ccc(S(=O)(=O)C3CC3)cc2)n1. The van der Waals surface area contributed by atoms with E-state index in [1.807, 2.05) is 0 Å². The van der Waals surface area contributed by atoms with Crippen LogP contribution >= 0.6 is 0 Å². The molecule has 2 unspecified atom stereocenters. The number of alkyl halides is 2. The number of benzene rings is 1. The van der Waals surface area contributed by atoms with E-state index in [4.69, 9.17) is 0 Å². The molecule has 2 aliphatic carbocycles. The molecular formula is C21H25F2N3O3S. The van der Waals surface area contributed by atoms with Gasteiger partial charge in [0, 0.05) is 19.3 Å². The van der Waals surface area contributed by atoms with Crippen LogP contribution in [-0.2, 0) is 21.7 Å². The zero-order chi connectivity index (χ0) is 21.5. The number of hydrogen-bond donors (Lipinski definition) is 1. The lowest BCUT2D eigenvalue weighted by Gasteiger charge is -2.20. The van der Waals surface area contributed by atoms with Gasteiger partial charge in [-0.25, -0.2) is 17.2 Å². The molecule has 1 aromatic heterocycles. The zero-order valence-electron chi connectivity index (χ0n) is 16.7. The van der Waals surface area contributed by atoms with E-state index >= 15 is 0 Å². The van der Waals surface area contributed by atoms with E-state index in [1.54, 1.807) is 36.1 Å². The van der Waals surface area contributed by atoms with E-state index < -0.39 is 28.1 Å². The first-order valence-corrected chi connectivity index (χ1v) is 11.7. The van der Waals surface area contributed by atoms with Gasteiger partial charge in [0.05, 0.1) is 16.1 Å². The van der Waals surface area contributed by atoms with E-state index in [1.165, 1.54) is 12.1 Å². The van der Waals surface area contributed by atoms with Gasteiger partial charge in [-0.2, -0.15) is 5.10 Å². The van der Waals surface area contributed by atoms with Crippen LogP contribution < -0.4 is 5.32 Å². The van der Waals surface area contributed by atoms with E-state index in [-0.39, 0.29) is 41.2 Å². The third kappa shape index (κ3) is 4.40. The number of halogens is 2. The average Bonchev–Trinajstić information content (AvgIpc) is 3.42. The number of carbonyl (C=O) groups is 1. The molecule has 4 rings (SSSR count). The summed E-state index contributed by atoms with van der Waals surface area (Å²) in [6, 6.07) is 7.97. The number of carbonyl (C=O) groups excluding carboxylic acids is 1. The zero-order valence-corrected chi connectivity index (χ0v) is 17.5. The van der Waals surface area contributed by atoms with Crippen molar-refractivity contribution < 1.29 is 22.0 Å². The lowest BCUT2D eigenvalue weighted by molar-refractivity contribution is -0.118. The van der Waals surface area contributed by atoms with Crippen LogP contribution in [0.25, 0.3) is 0 Å². The van der Waals surface area contributed by atoms with Gasteiger partial charge in [-0.05, 0) is 55.7 Å². The van der Waals surface area contributed by atoms with Gasteiger partial charge in [0.1, 0.15) is 12.3 Å². The summed E-state index contributed by atoms with van der Waals surface area (Å²) in [6.07, 6.45) is 0.506. The fourth-order valence-corrected chi connectivity index (χ4v) is 5.76. The monoisotopic (exact) mass is 437 g/mol. The topological polar surface area (TPSA) is 81.1 Å². The van der Waals surface area contributed by atoms with Crippen molar-refractivity contribution in [1.82, 2.24) is 9.78 Å². The number of hydrogen-bond acceptors (Lipinski definition) is 4. The molecule has 0 aliphatic heterocycles. The Morgan fingerprint density at radius 3 is 2.33 bits per heavy atom. The Morgan fingerprint density at radius 2 is 1.80 bits per heavy atom. The Bertz CT molecular complexity index is 1010. The standard InChI is InChI=1S/C21H25F2N3O3S/c1-26-9-8-20(25-26)24-21(27)17(10-13-11-18(22)19(23)12-13)14-2-4-15(5-3-14)30(28,29)16-6-7-16/h2-5,8-9,13,16-19H,6-7,10-12H2,1H3,(H,24,25,27)/t13?,17?,18-,19+. The molecule has 2 aliphatic rings. The number of rotatable bonds is 7. The highest BCUT2D eigenvalue weighted by Gasteiger charge is 2.38. The van der Waals surface area contributed by atoms with Crippen LogP contribution in [0.3, 0.4) is 0 Å². The van der Waals surface area contributed by atoms with Crippen molar-refractivity contribution in [2.24, 2.45) is 13.0 Å². The lowest BCUT2D eigenvalue weighted by atomic mass is 9.87. The Kier molecular flexibility index (Phi) is 5.65. The number of aryl methyl sites for hydroxylation is 1. The largest absolute Gasteiger partial charge is 0.309 e. The second kappa shape index (κ2) is 8.09. The molecule has 0 radical (unpaired) electrons. The van der Waals surface area contributed by atoms with Crippen LogP contribution in [-0.4, -0.2) is 41.7 Å². The first kappa shape index (κ1) is 21.0. The maximum absolute atomic E-state index is 13.7. The predicted molar refractivity (Wildman–Crippen MR) is 108 cm³/mol. The van der Waals surface area contributed by atoms with Crippen molar-refractivity contribution in [3.05, 3.63) is 42.1 Å². The van der Waals surface area contributed by atoms with E-state index in [2.05, 4.69) is 10.4 Å². The van der Waals surface area contributed by atoms with Crippen LogP contribution in [0.2, 0.25) is 0 Å². The molecule has 1 N–H and O–H groups in total. The van der Waals surface area contributed by atoms with E-state index in [9.17, 15) is 22.0 Å². The first-order valence-electron chi connectivity index (χ1n) is 10.2. The fraction of sp³-hybridized carbons (Fsp3) is 0.524. The molecule has 6 nitrogen and oxygen atoms in total. The maximum atomic E-state index is 13.7. The molecular weight excluding hydrogens is 412 g/mol. The molecule has 0 saturated heterocycles. The van der Waals surface area contributed by atoms with Crippen molar-refractivity contribution in [3.63, 3.8) is 0 Å². The molecule has 9 heteroatoms. The van der Waals surface area contributed by atoms with Gasteiger partial charge < -0.3 is 5.32 Å². The summed E-state index contributed by atoms with van der Waals surface area (Å²) < 4.78 is 53.8. The molecule has 0 spiro atoms. The first-order chi connectivity index (χ1) is 14.2. The number of sulfone groups is 1. The number of aromatic nitrogens is 2. The fourth-order valence-electron chi connectivity index (χ4n) is 4.10. The van der Waals surface area contributed by atoms with Gasteiger partial charge in [0.25, 0.3) is 0 Å². The summed E-state index contributed by atoms with van der Waals surface area (Å²) in [7, 11) is -1.59.